The summed E-state index contributed by atoms with van der Waals surface area (Å²) in [6.07, 6.45) is 6.52. The maximum absolute atomic E-state index is 5.86. The molecule has 0 radical (unpaired) electrons. The zero-order valence-electron chi connectivity index (χ0n) is 14.6. The molecule has 136 valence electrons. The van der Waals surface area contributed by atoms with Crippen LogP contribution in [0.3, 0.4) is 0 Å². The molecule has 2 aliphatic rings. The van der Waals surface area contributed by atoms with E-state index < -0.39 is 0 Å². The van der Waals surface area contributed by atoms with Crippen molar-refractivity contribution in [2.45, 2.75) is 62.1 Å². The van der Waals surface area contributed by atoms with Gasteiger partial charge in [-0.15, -0.1) is 10.2 Å². The molecule has 0 saturated carbocycles. The molecule has 7 nitrogen and oxygen atoms in total. The molecular weight excluding hydrogens is 338 g/mol. The van der Waals surface area contributed by atoms with Gasteiger partial charge in [0.2, 0.25) is 0 Å². The van der Waals surface area contributed by atoms with Crippen LogP contribution >= 0.6 is 11.8 Å². The molecule has 2 saturated heterocycles. The molecule has 1 N–H and O–H groups in total. The lowest BCUT2D eigenvalue weighted by Crippen LogP contribution is -2.29. The summed E-state index contributed by atoms with van der Waals surface area (Å²) in [5.41, 5.74) is 0.942. The van der Waals surface area contributed by atoms with Crippen LogP contribution in [0, 0.1) is 6.92 Å². The summed E-state index contributed by atoms with van der Waals surface area (Å²) >= 11 is 1.68. The van der Waals surface area contributed by atoms with Crippen LogP contribution in [0.1, 0.15) is 49.0 Å². The third kappa shape index (κ3) is 4.07. The van der Waals surface area contributed by atoms with Crippen molar-refractivity contribution in [2.24, 2.45) is 0 Å². The number of nitrogens with zero attached hydrogens (tertiary/aromatic N) is 4. The molecule has 2 aromatic heterocycles. The molecule has 2 fully saturated rings. The fraction of sp³-hybridized carbons (Fsp3) is 0.706. The van der Waals surface area contributed by atoms with Gasteiger partial charge in [-0.2, -0.15) is 0 Å². The van der Waals surface area contributed by atoms with Gasteiger partial charge in [-0.25, -0.2) is 4.98 Å². The lowest BCUT2D eigenvalue weighted by atomic mass is 9.97. The Hall–Kier alpha value is -1.38. The van der Waals surface area contributed by atoms with Crippen molar-refractivity contribution >= 4 is 11.8 Å². The van der Waals surface area contributed by atoms with Crippen molar-refractivity contribution in [1.29, 1.82) is 0 Å². The number of nitrogens with one attached hydrogen (secondary N) is 1. The molecule has 0 amide bonds. The molecule has 0 bridgehead atoms. The summed E-state index contributed by atoms with van der Waals surface area (Å²) in [5.74, 6) is 3.05. The number of aromatic nitrogens is 4. The largest absolute Gasteiger partial charge is 0.449 e. The van der Waals surface area contributed by atoms with Crippen molar-refractivity contribution in [3.8, 4) is 0 Å². The topological polar surface area (TPSA) is 78.0 Å². The van der Waals surface area contributed by atoms with Gasteiger partial charge in [0.15, 0.2) is 11.0 Å². The Morgan fingerprint density at radius 1 is 1.28 bits per heavy atom. The van der Waals surface area contributed by atoms with Crippen LogP contribution in [0.5, 0.6) is 0 Å². The Bertz CT molecular complexity index is 689. The first kappa shape index (κ1) is 17.1. The molecule has 2 aromatic rings. The molecule has 0 aliphatic carbocycles. The fourth-order valence-electron chi connectivity index (χ4n) is 3.57. The quantitative estimate of drug-likeness (QED) is 0.790. The average Bonchev–Trinajstić information content (AvgIpc) is 3.36. The zero-order valence-corrected chi connectivity index (χ0v) is 15.4. The highest BCUT2D eigenvalue weighted by Gasteiger charge is 2.26. The Kier molecular flexibility index (Phi) is 5.38. The lowest BCUT2D eigenvalue weighted by Gasteiger charge is -2.23. The first-order valence-corrected chi connectivity index (χ1v) is 10.1. The van der Waals surface area contributed by atoms with Crippen LogP contribution in [-0.2, 0) is 17.0 Å². The number of ether oxygens (including phenoxy) is 1. The van der Waals surface area contributed by atoms with E-state index in [-0.39, 0.29) is 6.10 Å². The van der Waals surface area contributed by atoms with Gasteiger partial charge in [-0.1, -0.05) is 11.8 Å². The van der Waals surface area contributed by atoms with Gasteiger partial charge in [-0.3, -0.25) is 0 Å². The summed E-state index contributed by atoms with van der Waals surface area (Å²) in [7, 11) is 0. The smallest absolute Gasteiger partial charge is 0.191 e. The second kappa shape index (κ2) is 7.88. The highest BCUT2D eigenvalue weighted by molar-refractivity contribution is 7.98. The van der Waals surface area contributed by atoms with Crippen LogP contribution in [0.25, 0.3) is 0 Å². The van der Waals surface area contributed by atoms with E-state index in [9.17, 15) is 0 Å². The van der Waals surface area contributed by atoms with Gasteiger partial charge in [0, 0.05) is 25.2 Å². The van der Waals surface area contributed by atoms with E-state index in [1.165, 1.54) is 0 Å². The summed E-state index contributed by atoms with van der Waals surface area (Å²) in [4.78, 5) is 4.38. The van der Waals surface area contributed by atoms with Gasteiger partial charge in [0.05, 0.1) is 18.3 Å². The Morgan fingerprint density at radius 2 is 2.16 bits per heavy atom. The monoisotopic (exact) mass is 363 g/mol. The molecule has 1 atom stereocenters. The van der Waals surface area contributed by atoms with Crippen LogP contribution in [0.4, 0.5) is 0 Å². The van der Waals surface area contributed by atoms with E-state index in [0.717, 1.165) is 74.4 Å². The van der Waals surface area contributed by atoms with Crippen LogP contribution in [0.15, 0.2) is 15.8 Å². The lowest BCUT2D eigenvalue weighted by molar-refractivity contribution is 0.0936. The third-order valence-corrected chi connectivity index (χ3v) is 5.88. The first-order chi connectivity index (χ1) is 12.3. The molecule has 2 aliphatic heterocycles. The summed E-state index contributed by atoms with van der Waals surface area (Å²) in [6, 6.07) is 0. The van der Waals surface area contributed by atoms with E-state index in [1.54, 1.807) is 18.0 Å². The van der Waals surface area contributed by atoms with Crippen molar-refractivity contribution in [3.05, 3.63) is 23.7 Å². The maximum atomic E-state index is 5.86. The van der Waals surface area contributed by atoms with E-state index >= 15 is 0 Å². The highest BCUT2D eigenvalue weighted by Crippen LogP contribution is 2.30. The molecule has 25 heavy (non-hydrogen) atoms. The van der Waals surface area contributed by atoms with Gasteiger partial charge in [-0.05, 0) is 38.8 Å². The van der Waals surface area contributed by atoms with Crippen molar-refractivity contribution < 1.29 is 9.15 Å². The van der Waals surface area contributed by atoms with E-state index in [2.05, 4.69) is 25.1 Å². The maximum Gasteiger partial charge on any atom is 0.191 e. The predicted octanol–water partition coefficient (Wildman–Crippen LogP) is 2.51. The number of hydrogen-bond donors (Lipinski definition) is 1. The van der Waals surface area contributed by atoms with Gasteiger partial charge < -0.3 is 19.0 Å². The molecule has 4 heterocycles. The van der Waals surface area contributed by atoms with E-state index in [0.29, 0.717) is 11.8 Å². The van der Waals surface area contributed by atoms with Crippen molar-refractivity contribution in [2.75, 3.05) is 19.7 Å². The van der Waals surface area contributed by atoms with Crippen LogP contribution in [0.2, 0.25) is 0 Å². The number of rotatable bonds is 6. The highest BCUT2D eigenvalue weighted by atomic mass is 32.2. The van der Waals surface area contributed by atoms with Crippen LogP contribution in [-0.4, -0.2) is 45.5 Å². The molecule has 0 spiro atoms. The fourth-order valence-corrected chi connectivity index (χ4v) is 4.40. The molecule has 0 aromatic carbocycles. The first-order valence-electron chi connectivity index (χ1n) is 9.09. The van der Waals surface area contributed by atoms with E-state index in [1.807, 2.05) is 6.92 Å². The number of aryl methyl sites for hydroxylation is 1. The molecule has 8 heteroatoms. The summed E-state index contributed by atoms with van der Waals surface area (Å²) in [5, 5.41) is 13.5. The van der Waals surface area contributed by atoms with Gasteiger partial charge in [0.1, 0.15) is 12.1 Å². The minimum atomic E-state index is 0.283. The number of thioether (sulfide) groups is 1. The third-order valence-electron chi connectivity index (χ3n) is 4.88. The van der Waals surface area contributed by atoms with E-state index in [4.69, 9.17) is 9.15 Å². The Morgan fingerprint density at radius 3 is 2.88 bits per heavy atom. The van der Waals surface area contributed by atoms with Gasteiger partial charge >= 0.3 is 0 Å². The molecular formula is C17H25N5O2S. The van der Waals surface area contributed by atoms with Crippen molar-refractivity contribution in [1.82, 2.24) is 25.1 Å². The second-order valence-corrected chi connectivity index (χ2v) is 7.70. The minimum absolute atomic E-state index is 0.283. The minimum Gasteiger partial charge on any atom is -0.449 e. The average molecular weight is 363 g/mol. The zero-order chi connectivity index (χ0) is 17.1. The van der Waals surface area contributed by atoms with Crippen molar-refractivity contribution in [3.63, 3.8) is 0 Å². The Balaban J connectivity index is 1.52. The standard InChI is InChI=1S/C17H25N5O2S/c1-12-19-14(10-24-12)11-25-17-21-20-16(13-4-6-18-7-5-13)22(17)9-15-3-2-8-23-15/h10,13,15,18H,2-9,11H2,1H3/t15-/m0/s1. The number of piperidine rings is 1. The SMILES string of the molecule is Cc1nc(CSc2nnc(C3CCNCC3)n2C[C@@H]2CCCO2)co1. The van der Waals surface area contributed by atoms with Crippen LogP contribution < -0.4 is 5.32 Å². The summed E-state index contributed by atoms with van der Waals surface area (Å²) in [6.45, 7) is 5.70. The summed E-state index contributed by atoms with van der Waals surface area (Å²) < 4.78 is 13.5. The molecule has 4 rings (SSSR count). The predicted molar refractivity (Wildman–Crippen MR) is 94.6 cm³/mol. The molecule has 0 unspecified atom stereocenters. The second-order valence-electron chi connectivity index (χ2n) is 6.76. The number of oxazole rings is 1. The van der Waals surface area contributed by atoms with Gasteiger partial charge in [0.25, 0.3) is 0 Å². The Labute approximate surface area is 151 Å². The number of hydrogen-bond acceptors (Lipinski definition) is 7. The normalized spacial score (nSPS) is 21.9.